The summed E-state index contributed by atoms with van der Waals surface area (Å²) in [5.41, 5.74) is 1.41. The van der Waals surface area contributed by atoms with Gasteiger partial charge in [-0.1, -0.05) is 30.3 Å². The Morgan fingerprint density at radius 1 is 1.00 bits per heavy atom. The lowest BCUT2D eigenvalue weighted by atomic mass is 9.89. The zero-order chi connectivity index (χ0) is 14.5. The molecule has 0 amide bonds. The molecule has 0 aliphatic carbocycles. The van der Waals surface area contributed by atoms with Crippen molar-refractivity contribution in [3.8, 4) is 0 Å². The van der Waals surface area contributed by atoms with Gasteiger partial charge >= 0.3 is 0 Å². The molecular formula is C17H16F2O. The standard InChI is InChI=1S/C17H16F2O/c1-12(20)15(10-13-6-8-16(18)9-7-13)11-14-4-2-3-5-17(14)19/h2-9,15H,10-11H2,1H3. The third-order valence-corrected chi connectivity index (χ3v) is 3.39. The molecule has 0 radical (unpaired) electrons. The Morgan fingerprint density at radius 2 is 1.65 bits per heavy atom. The summed E-state index contributed by atoms with van der Waals surface area (Å²) in [5, 5.41) is 0. The summed E-state index contributed by atoms with van der Waals surface area (Å²) >= 11 is 0. The summed E-state index contributed by atoms with van der Waals surface area (Å²) in [5.74, 6) is -0.880. The van der Waals surface area contributed by atoms with Crippen LogP contribution >= 0.6 is 0 Å². The number of hydrogen-bond donors (Lipinski definition) is 0. The molecule has 0 spiro atoms. The van der Waals surface area contributed by atoms with Crippen molar-refractivity contribution in [2.45, 2.75) is 19.8 Å². The van der Waals surface area contributed by atoms with Crippen LogP contribution in [0.5, 0.6) is 0 Å². The Labute approximate surface area is 117 Å². The van der Waals surface area contributed by atoms with E-state index in [9.17, 15) is 13.6 Å². The zero-order valence-corrected chi connectivity index (χ0v) is 11.3. The highest BCUT2D eigenvalue weighted by Gasteiger charge is 2.17. The van der Waals surface area contributed by atoms with Gasteiger partial charge in [0, 0.05) is 5.92 Å². The van der Waals surface area contributed by atoms with Gasteiger partial charge in [0.25, 0.3) is 0 Å². The van der Waals surface area contributed by atoms with Crippen LogP contribution in [-0.2, 0) is 17.6 Å². The molecule has 1 atom stereocenters. The Bertz CT molecular complexity index is 590. The van der Waals surface area contributed by atoms with E-state index in [0.717, 1.165) is 5.56 Å². The van der Waals surface area contributed by atoms with E-state index in [1.54, 1.807) is 30.3 Å². The van der Waals surface area contributed by atoms with Gasteiger partial charge in [0.05, 0.1) is 0 Å². The van der Waals surface area contributed by atoms with Gasteiger partial charge in [-0.15, -0.1) is 0 Å². The fourth-order valence-electron chi connectivity index (χ4n) is 2.19. The van der Waals surface area contributed by atoms with Gasteiger partial charge in [0.15, 0.2) is 0 Å². The van der Waals surface area contributed by atoms with Gasteiger partial charge in [-0.25, -0.2) is 8.78 Å². The fourth-order valence-corrected chi connectivity index (χ4v) is 2.19. The van der Waals surface area contributed by atoms with E-state index in [-0.39, 0.29) is 23.3 Å². The Hall–Kier alpha value is -2.03. The van der Waals surface area contributed by atoms with E-state index in [1.165, 1.54) is 25.1 Å². The molecule has 0 N–H and O–H groups in total. The number of hydrogen-bond acceptors (Lipinski definition) is 1. The molecule has 0 aliphatic heterocycles. The topological polar surface area (TPSA) is 17.1 Å². The predicted octanol–water partition coefficient (Wildman–Crippen LogP) is 3.96. The number of halogens is 2. The molecule has 0 saturated carbocycles. The minimum absolute atomic E-state index is 0.0116. The lowest BCUT2D eigenvalue weighted by Gasteiger charge is -2.14. The number of carbonyl (C=O) groups excluding carboxylic acids is 1. The molecule has 0 aromatic heterocycles. The fraction of sp³-hybridized carbons (Fsp3) is 0.235. The molecule has 2 aromatic rings. The highest BCUT2D eigenvalue weighted by molar-refractivity contribution is 5.79. The first-order chi connectivity index (χ1) is 9.56. The molecule has 0 bridgehead atoms. The maximum atomic E-state index is 13.6. The number of benzene rings is 2. The van der Waals surface area contributed by atoms with Crippen LogP contribution < -0.4 is 0 Å². The molecule has 1 nitrogen and oxygen atoms in total. The van der Waals surface area contributed by atoms with E-state index in [4.69, 9.17) is 0 Å². The molecule has 0 aliphatic rings. The van der Waals surface area contributed by atoms with Crippen molar-refractivity contribution in [3.63, 3.8) is 0 Å². The third-order valence-electron chi connectivity index (χ3n) is 3.39. The maximum Gasteiger partial charge on any atom is 0.133 e. The van der Waals surface area contributed by atoms with Gasteiger partial charge in [-0.05, 0) is 49.1 Å². The Kier molecular flexibility index (Phi) is 4.61. The zero-order valence-electron chi connectivity index (χ0n) is 11.3. The lowest BCUT2D eigenvalue weighted by Crippen LogP contribution is -2.17. The number of Topliss-reactive ketones (excluding diaryl/α,β-unsaturated/α-hetero) is 1. The minimum Gasteiger partial charge on any atom is -0.300 e. The summed E-state index contributed by atoms with van der Waals surface area (Å²) in [7, 11) is 0. The van der Waals surface area contributed by atoms with Gasteiger partial charge in [0.2, 0.25) is 0 Å². The number of ketones is 1. The van der Waals surface area contributed by atoms with Gasteiger partial charge in [-0.2, -0.15) is 0 Å². The molecular weight excluding hydrogens is 258 g/mol. The van der Waals surface area contributed by atoms with Crippen LogP contribution in [-0.4, -0.2) is 5.78 Å². The second kappa shape index (κ2) is 6.42. The second-order valence-electron chi connectivity index (χ2n) is 4.93. The SMILES string of the molecule is CC(=O)C(Cc1ccc(F)cc1)Cc1ccccc1F. The minimum atomic E-state index is -0.303. The number of carbonyl (C=O) groups is 1. The normalized spacial score (nSPS) is 12.2. The average molecular weight is 274 g/mol. The van der Waals surface area contributed by atoms with Crippen LogP contribution in [0.2, 0.25) is 0 Å². The van der Waals surface area contributed by atoms with Crippen LogP contribution in [0, 0.1) is 17.6 Å². The Balaban J connectivity index is 2.14. The summed E-state index contributed by atoms with van der Waals surface area (Å²) in [6.45, 7) is 1.51. The highest BCUT2D eigenvalue weighted by atomic mass is 19.1. The predicted molar refractivity (Wildman–Crippen MR) is 74.4 cm³/mol. The molecule has 1 unspecified atom stereocenters. The van der Waals surface area contributed by atoms with Gasteiger partial charge < -0.3 is 0 Å². The van der Waals surface area contributed by atoms with Gasteiger partial charge in [-0.3, -0.25) is 4.79 Å². The van der Waals surface area contributed by atoms with E-state index in [1.807, 2.05) is 0 Å². The quantitative estimate of drug-likeness (QED) is 0.806. The average Bonchev–Trinajstić information content (AvgIpc) is 2.42. The van der Waals surface area contributed by atoms with Crippen LogP contribution in [0.15, 0.2) is 48.5 Å². The Morgan fingerprint density at radius 3 is 2.25 bits per heavy atom. The largest absolute Gasteiger partial charge is 0.300 e. The molecule has 20 heavy (non-hydrogen) atoms. The van der Waals surface area contributed by atoms with Crippen molar-refractivity contribution in [3.05, 3.63) is 71.3 Å². The monoisotopic (exact) mass is 274 g/mol. The van der Waals surface area contributed by atoms with Crippen LogP contribution in [0.3, 0.4) is 0 Å². The van der Waals surface area contributed by atoms with Crippen molar-refractivity contribution >= 4 is 5.78 Å². The van der Waals surface area contributed by atoms with Crippen molar-refractivity contribution in [1.29, 1.82) is 0 Å². The van der Waals surface area contributed by atoms with Crippen molar-refractivity contribution in [1.82, 2.24) is 0 Å². The van der Waals surface area contributed by atoms with E-state index >= 15 is 0 Å². The molecule has 2 aromatic carbocycles. The maximum absolute atomic E-state index is 13.6. The molecule has 3 heteroatoms. The molecule has 0 saturated heterocycles. The van der Waals surface area contributed by atoms with E-state index < -0.39 is 0 Å². The van der Waals surface area contributed by atoms with E-state index in [2.05, 4.69) is 0 Å². The first kappa shape index (κ1) is 14.4. The third kappa shape index (κ3) is 3.73. The first-order valence-corrected chi connectivity index (χ1v) is 6.54. The summed E-state index contributed by atoms with van der Waals surface area (Å²) in [6.07, 6.45) is 0.851. The molecule has 2 rings (SSSR count). The lowest BCUT2D eigenvalue weighted by molar-refractivity contribution is -0.120. The van der Waals surface area contributed by atoms with Crippen LogP contribution in [0.1, 0.15) is 18.1 Å². The summed E-state index contributed by atoms with van der Waals surface area (Å²) < 4.78 is 26.5. The van der Waals surface area contributed by atoms with Crippen LogP contribution in [0.4, 0.5) is 8.78 Å². The van der Waals surface area contributed by atoms with Crippen molar-refractivity contribution in [2.75, 3.05) is 0 Å². The van der Waals surface area contributed by atoms with Crippen molar-refractivity contribution < 1.29 is 13.6 Å². The second-order valence-corrected chi connectivity index (χ2v) is 4.93. The summed E-state index contributed by atoms with van der Waals surface area (Å²) in [4.78, 5) is 11.7. The van der Waals surface area contributed by atoms with Crippen LogP contribution in [0.25, 0.3) is 0 Å². The number of rotatable bonds is 5. The highest BCUT2D eigenvalue weighted by Crippen LogP contribution is 2.18. The van der Waals surface area contributed by atoms with E-state index in [0.29, 0.717) is 18.4 Å². The van der Waals surface area contributed by atoms with Crippen molar-refractivity contribution in [2.24, 2.45) is 5.92 Å². The van der Waals surface area contributed by atoms with Gasteiger partial charge in [0.1, 0.15) is 17.4 Å². The molecule has 0 fully saturated rings. The molecule has 0 heterocycles. The smallest absolute Gasteiger partial charge is 0.133 e. The summed E-state index contributed by atoms with van der Waals surface area (Å²) in [6, 6.07) is 12.5. The first-order valence-electron chi connectivity index (χ1n) is 6.54. The molecule has 104 valence electrons.